The van der Waals surface area contributed by atoms with Gasteiger partial charge in [-0.25, -0.2) is 0 Å². The Kier molecular flexibility index (Phi) is 5.69. The van der Waals surface area contributed by atoms with Gasteiger partial charge in [0, 0.05) is 25.0 Å². The van der Waals surface area contributed by atoms with Gasteiger partial charge in [0.2, 0.25) is 5.78 Å². The molecule has 1 fully saturated rings. The lowest BCUT2D eigenvalue weighted by Crippen LogP contribution is -2.47. The molecule has 1 rings (SSSR count). The first-order valence-electron chi connectivity index (χ1n) is 7.46. The normalized spacial score (nSPS) is 18.6. The molecule has 0 heterocycles. The first kappa shape index (κ1) is 18.3. The van der Waals surface area contributed by atoms with Crippen LogP contribution in [0, 0.1) is 17.3 Å². The van der Waals surface area contributed by atoms with E-state index in [0.29, 0.717) is 12.8 Å². The van der Waals surface area contributed by atoms with Crippen LogP contribution >= 0.6 is 0 Å². The predicted octanol–water partition coefficient (Wildman–Crippen LogP) is 2.67. The van der Waals surface area contributed by atoms with Gasteiger partial charge in [0.15, 0.2) is 0 Å². The number of hydrogen-bond donors (Lipinski definition) is 0. The fraction of sp³-hybridized carbons (Fsp3) is 0.765. The van der Waals surface area contributed by atoms with Gasteiger partial charge in [0.25, 0.3) is 0 Å². The lowest BCUT2D eigenvalue weighted by atomic mass is 9.80. The van der Waals surface area contributed by atoms with Crippen molar-refractivity contribution < 1.29 is 13.7 Å². The van der Waals surface area contributed by atoms with E-state index < -0.39 is 15.1 Å². The second-order valence-corrected chi connectivity index (χ2v) is 10.0. The van der Waals surface area contributed by atoms with E-state index in [1.54, 1.807) is 19.6 Å². The van der Waals surface area contributed by atoms with Gasteiger partial charge in [-0.3, -0.25) is 9.00 Å². The third kappa shape index (κ3) is 4.86. The number of ketones is 1. The highest BCUT2D eigenvalue weighted by atomic mass is 32.2. The fourth-order valence-electron chi connectivity index (χ4n) is 2.50. The molecular formula is C17H28O3S. The standard InChI is InChI=1S/C17H28O3S/c1-16(2,3)13-10-14(21(5,6)19)15(18)17(20-4)11-8-7-9-12-17/h7-9,11-12H2,1-6H3. The SMILES string of the molecule is COC1(C(=O)C(C#CC(C)(C)C)=S(C)(C)=O)CCCCC1. The van der Waals surface area contributed by atoms with E-state index in [0.717, 1.165) is 19.3 Å². The molecule has 0 aromatic carbocycles. The summed E-state index contributed by atoms with van der Waals surface area (Å²) in [5, 5.41) is 0. The highest BCUT2D eigenvalue weighted by Gasteiger charge is 2.42. The molecule has 120 valence electrons. The van der Waals surface area contributed by atoms with Crippen molar-refractivity contribution in [2.45, 2.75) is 58.5 Å². The molecule has 1 aliphatic rings. The van der Waals surface area contributed by atoms with Crippen LogP contribution in [0.2, 0.25) is 0 Å². The number of methoxy groups -OCH3 is 1. The molecule has 0 N–H and O–H groups in total. The van der Waals surface area contributed by atoms with E-state index in [4.69, 9.17) is 4.74 Å². The van der Waals surface area contributed by atoms with Crippen molar-refractivity contribution in [2.75, 3.05) is 19.6 Å². The lowest BCUT2D eigenvalue weighted by Gasteiger charge is -2.34. The summed E-state index contributed by atoms with van der Waals surface area (Å²) in [6.45, 7) is 5.92. The Labute approximate surface area is 129 Å². The minimum absolute atomic E-state index is 0.170. The van der Waals surface area contributed by atoms with Crippen LogP contribution in [0.25, 0.3) is 0 Å². The third-order valence-corrected chi connectivity index (χ3v) is 4.99. The smallest absolute Gasteiger partial charge is 0.210 e. The molecule has 0 unspecified atom stereocenters. The number of hydrogen-bond acceptors (Lipinski definition) is 3. The molecule has 1 aliphatic carbocycles. The van der Waals surface area contributed by atoms with Crippen LogP contribution in [0.3, 0.4) is 0 Å². The van der Waals surface area contributed by atoms with Crippen molar-refractivity contribution in [1.29, 1.82) is 0 Å². The van der Waals surface area contributed by atoms with Crippen molar-refractivity contribution in [3.05, 3.63) is 0 Å². The number of ether oxygens (including phenoxy) is 1. The van der Waals surface area contributed by atoms with Crippen LogP contribution in [0.5, 0.6) is 0 Å². The summed E-state index contributed by atoms with van der Waals surface area (Å²) < 4.78 is 18.1. The monoisotopic (exact) mass is 312 g/mol. The van der Waals surface area contributed by atoms with E-state index in [-0.39, 0.29) is 16.1 Å². The van der Waals surface area contributed by atoms with Crippen LogP contribution in [0.1, 0.15) is 52.9 Å². The van der Waals surface area contributed by atoms with Gasteiger partial charge >= 0.3 is 0 Å². The third-order valence-electron chi connectivity index (χ3n) is 3.71. The molecule has 21 heavy (non-hydrogen) atoms. The van der Waals surface area contributed by atoms with E-state index in [2.05, 4.69) is 11.8 Å². The molecule has 3 nitrogen and oxygen atoms in total. The minimum Gasteiger partial charge on any atom is -0.370 e. The van der Waals surface area contributed by atoms with Gasteiger partial charge in [-0.1, -0.05) is 31.1 Å². The van der Waals surface area contributed by atoms with Gasteiger partial charge < -0.3 is 4.74 Å². The summed E-state index contributed by atoms with van der Waals surface area (Å²) in [5.74, 6) is 5.79. The highest BCUT2D eigenvalue weighted by molar-refractivity contribution is 8.02. The average molecular weight is 312 g/mol. The second-order valence-electron chi connectivity index (χ2n) is 7.15. The van der Waals surface area contributed by atoms with Crippen molar-refractivity contribution in [3.8, 4) is 11.8 Å². The summed E-state index contributed by atoms with van der Waals surface area (Å²) >= 11 is 0. The topological polar surface area (TPSA) is 43.4 Å². The zero-order chi connectivity index (χ0) is 16.3. The molecule has 0 spiro atoms. The van der Waals surface area contributed by atoms with Gasteiger partial charge in [0.1, 0.15) is 10.5 Å². The molecule has 0 aromatic heterocycles. The zero-order valence-electron chi connectivity index (χ0n) is 14.2. The highest BCUT2D eigenvalue weighted by Crippen LogP contribution is 2.32. The molecule has 0 aliphatic heterocycles. The first-order valence-corrected chi connectivity index (χ1v) is 9.84. The van der Waals surface area contributed by atoms with Crippen molar-refractivity contribution >= 4 is 20.2 Å². The molecule has 0 bridgehead atoms. The average Bonchev–Trinajstić information content (AvgIpc) is 2.36. The van der Waals surface area contributed by atoms with Gasteiger partial charge in [-0.05, 0) is 43.1 Å². The van der Waals surface area contributed by atoms with E-state index in [1.165, 1.54) is 0 Å². The van der Waals surface area contributed by atoms with Crippen molar-refractivity contribution in [2.24, 2.45) is 5.41 Å². The van der Waals surface area contributed by atoms with Crippen LogP contribution in [0.15, 0.2) is 0 Å². The van der Waals surface area contributed by atoms with Crippen LogP contribution in [-0.2, 0) is 19.1 Å². The van der Waals surface area contributed by atoms with Crippen molar-refractivity contribution in [3.63, 3.8) is 0 Å². The maximum absolute atomic E-state index is 13.0. The Morgan fingerprint density at radius 3 is 2.05 bits per heavy atom. The Hall–Kier alpha value is -0.790. The zero-order valence-corrected chi connectivity index (χ0v) is 15.0. The molecule has 0 aromatic rings. The van der Waals surface area contributed by atoms with E-state index in [9.17, 15) is 9.00 Å². The predicted molar refractivity (Wildman–Crippen MR) is 90.1 cm³/mol. The van der Waals surface area contributed by atoms with E-state index in [1.807, 2.05) is 20.8 Å². The van der Waals surface area contributed by atoms with E-state index >= 15 is 0 Å². The van der Waals surface area contributed by atoms with Crippen molar-refractivity contribution in [1.82, 2.24) is 0 Å². The molecule has 1 saturated carbocycles. The summed E-state index contributed by atoms with van der Waals surface area (Å²) in [7, 11) is -0.846. The fourth-order valence-corrected chi connectivity index (χ4v) is 3.43. The Balaban J connectivity index is 3.31. The van der Waals surface area contributed by atoms with Gasteiger partial charge in [-0.2, -0.15) is 0 Å². The number of carbonyl (C=O) groups excluding carboxylic acids is 1. The molecule has 0 radical (unpaired) electrons. The number of carbonyl (C=O) groups is 1. The van der Waals surface area contributed by atoms with Crippen LogP contribution < -0.4 is 0 Å². The Morgan fingerprint density at radius 2 is 1.67 bits per heavy atom. The van der Waals surface area contributed by atoms with Gasteiger partial charge in [0.05, 0.1) is 0 Å². The second kappa shape index (κ2) is 6.54. The molecule has 0 saturated heterocycles. The van der Waals surface area contributed by atoms with Crippen LogP contribution in [-0.4, -0.2) is 40.1 Å². The summed E-state index contributed by atoms with van der Waals surface area (Å²) in [6.07, 6.45) is 7.61. The first-order chi connectivity index (χ1) is 9.52. The van der Waals surface area contributed by atoms with Crippen LogP contribution in [0.4, 0.5) is 0 Å². The summed E-state index contributed by atoms with van der Waals surface area (Å²) in [4.78, 5) is 13.2. The van der Waals surface area contributed by atoms with Gasteiger partial charge in [-0.15, -0.1) is 0 Å². The summed E-state index contributed by atoms with van der Waals surface area (Å²) in [6, 6.07) is 0. The Bertz CT molecular complexity index is 561. The quantitative estimate of drug-likeness (QED) is 0.594. The maximum Gasteiger partial charge on any atom is 0.210 e. The number of Topliss-reactive ketones (excluding diaryl/α,β-unsaturated/α-hetero) is 1. The summed E-state index contributed by atoms with van der Waals surface area (Å²) in [5.41, 5.74) is -1.06. The number of rotatable bonds is 3. The molecule has 4 heteroatoms. The Morgan fingerprint density at radius 1 is 1.14 bits per heavy atom. The molecule has 0 amide bonds. The molecule has 0 atom stereocenters. The lowest BCUT2D eigenvalue weighted by molar-refractivity contribution is -0.137. The minimum atomic E-state index is -2.42. The largest absolute Gasteiger partial charge is 0.370 e. The molecular weight excluding hydrogens is 284 g/mol. The maximum atomic E-state index is 13.0.